The number of rotatable bonds is 6. The van der Waals surface area contributed by atoms with Crippen molar-refractivity contribution in [1.29, 1.82) is 0 Å². The van der Waals surface area contributed by atoms with Crippen LogP contribution in [0.2, 0.25) is 0 Å². The summed E-state index contributed by atoms with van der Waals surface area (Å²) in [7, 11) is -0.511. The number of halogens is 3. The summed E-state index contributed by atoms with van der Waals surface area (Å²) >= 11 is 0. The second-order valence-corrected chi connectivity index (χ2v) is 11.7. The normalized spacial score (nSPS) is 16.0. The van der Waals surface area contributed by atoms with Gasteiger partial charge < -0.3 is 9.47 Å². The molecule has 0 aliphatic heterocycles. The fraction of sp³-hybridized carbons (Fsp3) is 0.357. The summed E-state index contributed by atoms with van der Waals surface area (Å²) in [5.41, 5.74) is -0.789. The number of alkyl halides is 3. The SMILES string of the molecule is CC(C)(C)C1(Oc2cc([S+](c3ccccc3)c3ccccc3)ccc2OC(F)(F)F)CCCC1. The topological polar surface area (TPSA) is 18.5 Å². The van der Waals surface area contributed by atoms with Crippen LogP contribution in [0.3, 0.4) is 0 Å². The number of hydrogen-bond acceptors (Lipinski definition) is 2. The second kappa shape index (κ2) is 9.57. The van der Waals surface area contributed by atoms with E-state index in [1.165, 1.54) is 6.07 Å². The highest BCUT2D eigenvalue weighted by molar-refractivity contribution is 7.97. The standard InChI is InChI=1S/C28H30F3O2S/c1-26(2,3)27(18-10-11-19-27)32-25-20-23(16-17-24(25)33-28(29,30)31)34(21-12-6-4-7-13-21)22-14-8-5-9-15-22/h4-9,12-17,20H,10-11,18-19H2,1-3H3/q+1. The van der Waals surface area contributed by atoms with Crippen molar-refractivity contribution >= 4 is 10.9 Å². The van der Waals surface area contributed by atoms with Gasteiger partial charge in [-0.1, -0.05) is 57.2 Å². The second-order valence-electron chi connectivity index (χ2n) is 9.64. The summed E-state index contributed by atoms with van der Waals surface area (Å²) in [6, 6.07) is 24.9. The molecule has 180 valence electrons. The summed E-state index contributed by atoms with van der Waals surface area (Å²) in [6.45, 7) is 6.26. The van der Waals surface area contributed by atoms with Crippen LogP contribution in [0.1, 0.15) is 46.5 Å². The molecule has 0 N–H and O–H groups in total. The van der Waals surface area contributed by atoms with Crippen LogP contribution >= 0.6 is 0 Å². The molecule has 0 spiro atoms. The van der Waals surface area contributed by atoms with Crippen LogP contribution in [-0.4, -0.2) is 12.0 Å². The van der Waals surface area contributed by atoms with Gasteiger partial charge in [0.15, 0.2) is 26.2 Å². The third-order valence-electron chi connectivity index (χ3n) is 6.42. The van der Waals surface area contributed by atoms with E-state index in [-0.39, 0.29) is 16.9 Å². The highest BCUT2D eigenvalue weighted by Crippen LogP contribution is 2.49. The molecular formula is C28H30F3O2S+. The smallest absolute Gasteiger partial charge is 0.483 e. The molecule has 34 heavy (non-hydrogen) atoms. The molecule has 4 rings (SSSR count). The minimum atomic E-state index is -4.80. The Hall–Kier alpha value is -2.60. The van der Waals surface area contributed by atoms with Crippen LogP contribution in [0, 0.1) is 5.41 Å². The van der Waals surface area contributed by atoms with Crippen LogP contribution < -0.4 is 9.47 Å². The zero-order valence-electron chi connectivity index (χ0n) is 19.7. The third-order valence-corrected chi connectivity index (χ3v) is 8.63. The van der Waals surface area contributed by atoms with E-state index in [1.807, 2.05) is 60.7 Å². The van der Waals surface area contributed by atoms with Crippen molar-refractivity contribution in [3.63, 3.8) is 0 Å². The van der Waals surface area contributed by atoms with E-state index in [1.54, 1.807) is 12.1 Å². The lowest BCUT2D eigenvalue weighted by molar-refractivity contribution is -0.275. The van der Waals surface area contributed by atoms with Gasteiger partial charge in [-0.05, 0) is 62.1 Å². The van der Waals surface area contributed by atoms with Crippen molar-refractivity contribution in [3.8, 4) is 11.5 Å². The average molecular weight is 488 g/mol. The maximum atomic E-state index is 13.3. The Labute approximate surface area is 202 Å². The van der Waals surface area contributed by atoms with Gasteiger partial charge >= 0.3 is 6.36 Å². The van der Waals surface area contributed by atoms with Gasteiger partial charge in [0.2, 0.25) is 0 Å². The summed E-state index contributed by atoms with van der Waals surface area (Å²) in [4.78, 5) is 3.04. The van der Waals surface area contributed by atoms with Gasteiger partial charge in [-0.3, -0.25) is 0 Å². The van der Waals surface area contributed by atoms with Crippen LogP contribution in [-0.2, 0) is 10.9 Å². The van der Waals surface area contributed by atoms with Gasteiger partial charge in [-0.2, -0.15) is 0 Å². The largest absolute Gasteiger partial charge is 0.573 e. The van der Waals surface area contributed by atoms with E-state index in [4.69, 9.17) is 4.74 Å². The van der Waals surface area contributed by atoms with Gasteiger partial charge in [0.1, 0.15) is 5.60 Å². The lowest BCUT2D eigenvalue weighted by Crippen LogP contribution is -2.45. The van der Waals surface area contributed by atoms with E-state index >= 15 is 0 Å². The molecule has 0 aromatic heterocycles. The zero-order valence-corrected chi connectivity index (χ0v) is 20.5. The van der Waals surface area contributed by atoms with Crippen molar-refractivity contribution in [2.75, 3.05) is 0 Å². The van der Waals surface area contributed by atoms with Gasteiger partial charge in [-0.25, -0.2) is 0 Å². The van der Waals surface area contributed by atoms with E-state index in [0.717, 1.165) is 40.4 Å². The quantitative estimate of drug-likeness (QED) is 0.325. The predicted molar refractivity (Wildman–Crippen MR) is 129 cm³/mol. The van der Waals surface area contributed by atoms with Crippen molar-refractivity contribution in [2.45, 2.75) is 73.1 Å². The Kier molecular flexibility index (Phi) is 6.90. The lowest BCUT2D eigenvalue weighted by atomic mass is 9.75. The molecule has 1 saturated carbocycles. The summed E-state index contributed by atoms with van der Waals surface area (Å²) in [6.07, 6.45) is -1.22. The zero-order chi connectivity index (χ0) is 24.4. The number of ether oxygens (including phenoxy) is 2. The monoisotopic (exact) mass is 487 g/mol. The molecule has 0 radical (unpaired) electrons. The van der Waals surface area contributed by atoms with Crippen LogP contribution in [0.5, 0.6) is 11.5 Å². The molecule has 3 aromatic rings. The molecule has 0 heterocycles. The minimum absolute atomic E-state index is 0.149. The molecule has 6 heteroatoms. The van der Waals surface area contributed by atoms with Gasteiger partial charge in [-0.15, -0.1) is 13.2 Å². The maximum Gasteiger partial charge on any atom is 0.573 e. The van der Waals surface area contributed by atoms with Crippen molar-refractivity contribution in [2.24, 2.45) is 5.41 Å². The first-order valence-corrected chi connectivity index (χ1v) is 12.7. The van der Waals surface area contributed by atoms with E-state index in [0.29, 0.717) is 0 Å². The van der Waals surface area contributed by atoms with Gasteiger partial charge in [0.25, 0.3) is 0 Å². The maximum absolute atomic E-state index is 13.3. The van der Waals surface area contributed by atoms with Gasteiger partial charge in [0.05, 0.1) is 10.9 Å². The molecule has 0 saturated heterocycles. The Morgan fingerprint density at radius 2 is 1.24 bits per heavy atom. The molecule has 1 aliphatic rings. The predicted octanol–water partition coefficient (Wildman–Crippen LogP) is 8.42. The van der Waals surface area contributed by atoms with Crippen LogP contribution in [0.25, 0.3) is 0 Å². The molecule has 2 nitrogen and oxygen atoms in total. The molecule has 0 amide bonds. The van der Waals surface area contributed by atoms with E-state index < -0.39 is 22.9 Å². The van der Waals surface area contributed by atoms with Crippen LogP contribution in [0.4, 0.5) is 13.2 Å². The Morgan fingerprint density at radius 1 is 0.706 bits per heavy atom. The molecular weight excluding hydrogens is 457 g/mol. The van der Waals surface area contributed by atoms with E-state index in [2.05, 4.69) is 25.5 Å². The number of hydrogen-bond donors (Lipinski definition) is 0. The number of benzene rings is 3. The first-order chi connectivity index (χ1) is 16.1. The Balaban J connectivity index is 1.84. The van der Waals surface area contributed by atoms with E-state index in [9.17, 15) is 13.2 Å². The first-order valence-electron chi connectivity index (χ1n) is 11.5. The van der Waals surface area contributed by atoms with Crippen molar-refractivity contribution in [1.82, 2.24) is 0 Å². The van der Waals surface area contributed by atoms with Crippen molar-refractivity contribution in [3.05, 3.63) is 78.9 Å². The lowest BCUT2D eigenvalue weighted by Gasteiger charge is -2.42. The molecule has 1 fully saturated rings. The summed E-state index contributed by atoms with van der Waals surface area (Å²) < 4.78 is 50.8. The Morgan fingerprint density at radius 3 is 1.71 bits per heavy atom. The molecule has 0 bridgehead atoms. The van der Waals surface area contributed by atoms with Gasteiger partial charge in [0, 0.05) is 11.5 Å². The minimum Gasteiger partial charge on any atom is -0.483 e. The third kappa shape index (κ3) is 5.38. The van der Waals surface area contributed by atoms with Crippen LogP contribution in [0.15, 0.2) is 93.5 Å². The fourth-order valence-electron chi connectivity index (χ4n) is 4.59. The van der Waals surface area contributed by atoms with Crippen molar-refractivity contribution < 1.29 is 22.6 Å². The Bertz CT molecular complexity index is 1050. The highest BCUT2D eigenvalue weighted by Gasteiger charge is 2.47. The highest BCUT2D eigenvalue weighted by atomic mass is 32.2. The first kappa shape index (κ1) is 24.5. The molecule has 0 unspecified atom stereocenters. The average Bonchev–Trinajstić information content (AvgIpc) is 3.26. The molecule has 3 aromatic carbocycles. The fourth-order valence-corrected chi connectivity index (χ4v) is 6.69. The summed E-state index contributed by atoms with van der Waals surface area (Å²) in [5.74, 6) is -0.146. The molecule has 1 aliphatic carbocycles. The molecule has 0 atom stereocenters. The summed E-state index contributed by atoms with van der Waals surface area (Å²) in [5, 5.41) is 0.